The van der Waals surface area contributed by atoms with Gasteiger partial charge in [-0.15, -0.1) is 0 Å². The number of hydrogen-bond acceptors (Lipinski definition) is 4. The second-order valence-electron chi connectivity index (χ2n) is 6.54. The van der Waals surface area contributed by atoms with Crippen LogP contribution < -0.4 is 5.32 Å². The number of likely N-dealkylation sites (tertiary alicyclic amines) is 1. The number of carbonyl (C=O) groups excluding carboxylic acids is 1. The van der Waals surface area contributed by atoms with Crippen LogP contribution in [0.25, 0.3) is 0 Å². The highest BCUT2D eigenvalue weighted by atomic mass is 16.4. The molecule has 2 aromatic heterocycles. The van der Waals surface area contributed by atoms with Crippen LogP contribution in [0, 0.1) is 0 Å². The smallest absolute Gasteiger partial charge is 0.317 e. The monoisotopic (exact) mass is 346 g/mol. The molecule has 7 heteroatoms. The van der Waals surface area contributed by atoms with E-state index in [1.54, 1.807) is 23.1 Å². The molecule has 0 saturated carbocycles. The molecule has 2 aromatic rings. The summed E-state index contributed by atoms with van der Waals surface area (Å²) in [5, 5.41) is 17.7. The van der Waals surface area contributed by atoms with E-state index in [1.165, 1.54) is 0 Å². The number of furan rings is 1. The van der Waals surface area contributed by atoms with Gasteiger partial charge in [-0.3, -0.25) is 4.68 Å². The lowest BCUT2D eigenvalue weighted by Crippen LogP contribution is -2.43. The van der Waals surface area contributed by atoms with Crippen LogP contribution in [-0.2, 0) is 20.0 Å². The molecule has 2 unspecified atom stereocenters. The van der Waals surface area contributed by atoms with Crippen molar-refractivity contribution >= 4 is 6.03 Å². The quantitative estimate of drug-likeness (QED) is 0.841. The zero-order chi connectivity index (χ0) is 17.8. The summed E-state index contributed by atoms with van der Waals surface area (Å²) < 4.78 is 7.03. The molecule has 0 bridgehead atoms. The van der Waals surface area contributed by atoms with E-state index in [2.05, 4.69) is 17.3 Å². The number of hydrogen-bond donors (Lipinski definition) is 2. The minimum atomic E-state index is -0.682. The number of amides is 2. The SMILES string of the molecule is CCc1nn(C)cc1CNC(=O)N1CCCC1CC(O)c1ccco1. The second-order valence-corrected chi connectivity index (χ2v) is 6.54. The molecule has 25 heavy (non-hydrogen) atoms. The van der Waals surface area contributed by atoms with Crippen LogP contribution in [0.1, 0.15) is 49.3 Å². The number of aromatic nitrogens is 2. The summed E-state index contributed by atoms with van der Waals surface area (Å²) in [5.41, 5.74) is 2.05. The summed E-state index contributed by atoms with van der Waals surface area (Å²) in [6.45, 7) is 3.25. The number of aliphatic hydroxyl groups is 1. The fourth-order valence-electron chi connectivity index (χ4n) is 3.50. The van der Waals surface area contributed by atoms with Gasteiger partial charge < -0.3 is 19.7 Å². The number of nitrogens with one attached hydrogen (secondary N) is 1. The first-order valence-corrected chi connectivity index (χ1v) is 8.85. The van der Waals surface area contributed by atoms with Crippen LogP contribution in [0.3, 0.4) is 0 Å². The van der Waals surface area contributed by atoms with E-state index in [4.69, 9.17) is 4.42 Å². The summed E-state index contributed by atoms with van der Waals surface area (Å²) in [6, 6.07) is 3.47. The van der Waals surface area contributed by atoms with Crippen molar-refractivity contribution in [1.29, 1.82) is 0 Å². The number of nitrogens with zero attached hydrogens (tertiary/aromatic N) is 3. The van der Waals surface area contributed by atoms with E-state index in [9.17, 15) is 9.90 Å². The third-order valence-corrected chi connectivity index (χ3v) is 4.76. The average molecular weight is 346 g/mol. The fourth-order valence-corrected chi connectivity index (χ4v) is 3.50. The van der Waals surface area contributed by atoms with Crippen LogP contribution >= 0.6 is 0 Å². The Balaban J connectivity index is 1.57. The van der Waals surface area contributed by atoms with Crippen molar-refractivity contribution < 1.29 is 14.3 Å². The molecule has 3 heterocycles. The van der Waals surface area contributed by atoms with Crippen LogP contribution in [-0.4, -0.2) is 38.4 Å². The van der Waals surface area contributed by atoms with Crippen molar-refractivity contribution in [1.82, 2.24) is 20.0 Å². The minimum Gasteiger partial charge on any atom is -0.467 e. The van der Waals surface area contributed by atoms with Gasteiger partial charge in [0.05, 0.1) is 12.0 Å². The van der Waals surface area contributed by atoms with E-state index < -0.39 is 6.10 Å². The molecule has 1 saturated heterocycles. The Hall–Kier alpha value is -2.28. The van der Waals surface area contributed by atoms with E-state index in [0.717, 1.165) is 37.1 Å². The van der Waals surface area contributed by atoms with Gasteiger partial charge >= 0.3 is 6.03 Å². The number of urea groups is 1. The Morgan fingerprint density at radius 1 is 1.56 bits per heavy atom. The van der Waals surface area contributed by atoms with E-state index in [0.29, 0.717) is 18.7 Å². The highest BCUT2D eigenvalue weighted by molar-refractivity contribution is 5.74. The normalized spacial score (nSPS) is 18.5. The minimum absolute atomic E-state index is 0.0274. The summed E-state index contributed by atoms with van der Waals surface area (Å²) in [5.74, 6) is 0.551. The van der Waals surface area contributed by atoms with Crippen molar-refractivity contribution in [2.24, 2.45) is 7.05 Å². The molecule has 2 atom stereocenters. The molecule has 3 rings (SSSR count). The maximum absolute atomic E-state index is 12.6. The molecule has 0 radical (unpaired) electrons. The molecular formula is C18H26N4O3. The van der Waals surface area contributed by atoms with Crippen LogP contribution in [0.4, 0.5) is 4.79 Å². The molecular weight excluding hydrogens is 320 g/mol. The van der Waals surface area contributed by atoms with Crippen molar-refractivity contribution in [3.8, 4) is 0 Å². The van der Waals surface area contributed by atoms with Crippen molar-refractivity contribution in [3.05, 3.63) is 41.6 Å². The first-order chi connectivity index (χ1) is 12.1. The largest absolute Gasteiger partial charge is 0.467 e. The molecule has 1 aliphatic heterocycles. The summed E-state index contributed by atoms with van der Waals surface area (Å²) in [6.07, 6.45) is 6.01. The van der Waals surface area contributed by atoms with Gasteiger partial charge in [-0.05, 0) is 31.4 Å². The first kappa shape index (κ1) is 17.5. The highest BCUT2D eigenvalue weighted by Crippen LogP contribution is 2.27. The van der Waals surface area contributed by atoms with Gasteiger partial charge in [0.25, 0.3) is 0 Å². The lowest BCUT2D eigenvalue weighted by molar-refractivity contribution is 0.108. The van der Waals surface area contributed by atoms with Gasteiger partial charge in [0.1, 0.15) is 11.9 Å². The van der Waals surface area contributed by atoms with Crippen LogP contribution in [0.15, 0.2) is 29.0 Å². The van der Waals surface area contributed by atoms with Crippen LogP contribution in [0.2, 0.25) is 0 Å². The van der Waals surface area contributed by atoms with Crippen molar-refractivity contribution in [2.75, 3.05) is 6.54 Å². The van der Waals surface area contributed by atoms with Gasteiger partial charge in [0, 0.05) is 44.4 Å². The molecule has 2 amide bonds. The lowest BCUT2D eigenvalue weighted by Gasteiger charge is -2.26. The standard InChI is InChI=1S/C18H26N4O3/c1-3-15-13(12-21(2)20-15)11-19-18(24)22-8-4-6-14(22)10-16(23)17-7-5-9-25-17/h5,7,9,12,14,16,23H,3-4,6,8,10-11H2,1-2H3,(H,19,24). The Labute approximate surface area is 147 Å². The van der Waals surface area contributed by atoms with Gasteiger partial charge in [-0.2, -0.15) is 5.10 Å². The summed E-state index contributed by atoms with van der Waals surface area (Å²) in [7, 11) is 1.89. The fraction of sp³-hybridized carbons (Fsp3) is 0.556. The van der Waals surface area contributed by atoms with E-state index in [1.807, 2.05) is 18.1 Å². The summed E-state index contributed by atoms with van der Waals surface area (Å²) >= 11 is 0. The Morgan fingerprint density at radius 3 is 3.12 bits per heavy atom. The molecule has 2 N–H and O–H groups in total. The molecule has 1 aliphatic rings. The molecule has 0 spiro atoms. The van der Waals surface area contributed by atoms with Gasteiger partial charge in [0.2, 0.25) is 0 Å². The lowest BCUT2D eigenvalue weighted by atomic mass is 10.1. The molecule has 0 aliphatic carbocycles. The predicted octanol–water partition coefficient (Wildman–Crippen LogP) is 2.37. The van der Waals surface area contributed by atoms with Gasteiger partial charge in [0.15, 0.2) is 0 Å². The van der Waals surface area contributed by atoms with E-state index >= 15 is 0 Å². The maximum atomic E-state index is 12.6. The first-order valence-electron chi connectivity index (χ1n) is 8.85. The Bertz CT molecular complexity index is 695. The Kier molecular flexibility index (Phi) is 5.43. The molecule has 136 valence electrons. The van der Waals surface area contributed by atoms with Gasteiger partial charge in [-0.25, -0.2) is 4.79 Å². The van der Waals surface area contributed by atoms with Crippen LogP contribution in [0.5, 0.6) is 0 Å². The third kappa shape index (κ3) is 4.04. The van der Waals surface area contributed by atoms with Gasteiger partial charge in [-0.1, -0.05) is 6.92 Å². The molecule has 7 nitrogen and oxygen atoms in total. The van der Waals surface area contributed by atoms with E-state index in [-0.39, 0.29) is 12.1 Å². The van der Waals surface area contributed by atoms with Crippen molar-refractivity contribution in [2.45, 2.75) is 51.3 Å². The molecule has 1 fully saturated rings. The maximum Gasteiger partial charge on any atom is 0.317 e. The summed E-state index contributed by atoms with van der Waals surface area (Å²) in [4.78, 5) is 14.4. The zero-order valence-electron chi connectivity index (χ0n) is 14.8. The highest BCUT2D eigenvalue weighted by Gasteiger charge is 2.31. The number of aryl methyl sites for hydroxylation is 2. The molecule has 0 aromatic carbocycles. The Morgan fingerprint density at radius 2 is 2.40 bits per heavy atom. The number of aliphatic hydroxyl groups excluding tert-OH is 1. The average Bonchev–Trinajstić information content (AvgIpc) is 3.33. The zero-order valence-corrected chi connectivity index (χ0v) is 14.8. The predicted molar refractivity (Wildman–Crippen MR) is 92.8 cm³/mol. The van der Waals surface area contributed by atoms with Crippen molar-refractivity contribution in [3.63, 3.8) is 0 Å². The third-order valence-electron chi connectivity index (χ3n) is 4.76. The number of rotatable bonds is 6. The second kappa shape index (κ2) is 7.74. The number of carbonyl (C=O) groups is 1. The topological polar surface area (TPSA) is 83.5 Å².